The van der Waals surface area contributed by atoms with Gasteiger partial charge in [-0.05, 0) is 18.2 Å². The second kappa shape index (κ2) is 8.16. The molecule has 0 unspecified atom stereocenters. The number of hydrogen-bond donors (Lipinski definition) is 0. The number of alkyl halides is 6. The van der Waals surface area contributed by atoms with Crippen molar-refractivity contribution in [3.63, 3.8) is 0 Å². The van der Waals surface area contributed by atoms with E-state index in [1.807, 2.05) is 6.07 Å². The summed E-state index contributed by atoms with van der Waals surface area (Å²) in [5.41, 5.74) is 0.756. The van der Waals surface area contributed by atoms with Gasteiger partial charge in [0.05, 0.1) is 14.2 Å². The Balaban J connectivity index is 2.65. The van der Waals surface area contributed by atoms with Crippen LogP contribution < -0.4 is 9.47 Å². The number of benzene rings is 1. The Hall–Kier alpha value is 0.710. The van der Waals surface area contributed by atoms with Crippen molar-refractivity contribution in [3.8, 4) is 22.9 Å². The minimum Gasteiger partial charge on any atom is -0.493 e. The number of rotatable bonds is 3. The second-order valence-corrected chi connectivity index (χ2v) is 17.9. The lowest BCUT2D eigenvalue weighted by molar-refractivity contribution is 0.355. The van der Waals surface area contributed by atoms with E-state index in [0.717, 1.165) is 5.56 Å². The van der Waals surface area contributed by atoms with Gasteiger partial charge >= 0.3 is 0 Å². The Morgan fingerprint density at radius 2 is 1.25 bits per heavy atom. The van der Waals surface area contributed by atoms with E-state index in [-0.39, 0.29) is 0 Å². The van der Waals surface area contributed by atoms with Crippen LogP contribution in [-0.2, 0) is 4.29 Å². The van der Waals surface area contributed by atoms with Crippen LogP contribution in [0, 0.1) is 0 Å². The average Bonchev–Trinajstić information content (AvgIpc) is 2.52. The highest BCUT2D eigenvalue weighted by molar-refractivity contribution is 9.39. The van der Waals surface area contributed by atoms with Crippen molar-refractivity contribution >= 4 is 95.6 Å². The Morgan fingerprint density at radius 1 is 0.750 bits per heavy atom. The van der Waals surface area contributed by atoms with E-state index >= 15 is 0 Å². The topological polar surface area (TPSA) is 57.1 Å². The van der Waals surface area contributed by atoms with Gasteiger partial charge in [0, 0.05) is 5.56 Å². The van der Waals surface area contributed by atoms with Crippen LogP contribution in [0.4, 0.5) is 0 Å². The zero-order valence-electron chi connectivity index (χ0n) is 12.2. The lowest BCUT2D eigenvalue weighted by Gasteiger charge is -2.17. The smallest absolute Gasteiger partial charge is 0.194 e. The molecule has 0 saturated heterocycles. The van der Waals surface area contributed by atoms with E-state index in [1.165, 1.54) is 0 Å². The number of halogens is 6. The van der Waals surface area contributed by atoms with Crippen LogP contribution in [-0.4, -0.2) is 29.2 Å². The quantitative estimate of drug-likeness (QED) is 0.357. The average molecular weight is 719 g/mol. The van der Waals surface area contributed by atoms with Gasteiger partial charge in [0.25, 0.3) is 0 Å². The van der Waals surface area contributed by atoms with Gasteiger partial charge in [-0.3, -0.25) is 0 Å². The van der Waals surface area contributed by atoms with Crippen molar-refractivity contribution in [2.75, 3.05) is 14.2 Å². The molecule has 0 aliphatic heterocycles. The molecule has 0 N–H and O–H groups in total. The molecule has 0 bridgehead atoms. The van der Waals surface area contributed by atoms with Crippen LogP contribution in [0.5, 0.6) is 11.5 Å². The highest BCUT2D eigenvalue weighted by Crippen LogP contribution is 2.46. The van der Waals surface area contributed by atoms with Gasteiger partial charge in [-0.25, -0.2) is 15.0 Å². The predicted octanol–water partition coefficient (Wildman–Crippen LogP) is 6.15. The van der Waals surface area contributed by atoms with Gasteiger partial charge in [-0.1, -0.05) is 95.6 Å². The zero-order valence-corrected chi connectivity index (χ0v) is 21.7. The molecule has 0 atom stereocenters. The summed E-state index contributed by atoms with van der Waals surface area (Å²) in [7, 11) is 3.16. The van der Waals surface area contributed by atoms with Crippen LogP contribution in [0.1, 0.15) is 11.6 Å². The molecule has 11 heteroatoms. The van der Waals surface area contributed by atoms with E-state index in [1.54, 1.807) is 26.4 Å². The van der Waals surface area contributed by atoms with E-state index in [2.05, 4.69) is 111 Å². The van der Waals surface area contributed by atoms with Crippen LogP contribution in [0.2, 0.25) is 0 Å². The summed E-state index contributed by atoms with van der Waals surface area (Å²) in [5, 5.41) is 0. The normalized spacial score (nSPS) is 12.2. The maximum atomic E-state index is 5.34. The van der Waals surface area contributed by atoms with Crippen LogP contribution in [0.15, 0.2) is 18.2 Å². The van der Waals surface area contributed by atoms with Crippen molar-refractivity contribution in [2.45, 2.75) is 4.29 Å². The standard InChI is InChI=1S/C13H9Br6N3O2/c1-23-7-4-3-6(5-8(7)24-2)9-20-10(12(14,15)16)22-11(21-9)13(17,18)19/h3-5H,1-2H3. The molecule has 0 amide bonds. The third-order valence-electron chi connectivity index (χ3n) is 2.78. The summed E-state index contributed by atoms with van der Waals surface area (Å²) in [6.07, 6.45) is 0. The number of hydrogen-bond acceptors (Lipinski definition) is 5. The monoisotopic (exact) mass is 713 g/mol. The molecular formula is C13H9Br6N3O2. The summed E-state index contributed by atoms with van der Waals surface area (Å²) in [4.78, 5) is 13.4. The van der Waals surface area contributed by atoms with Crippen molar-refractivity contribution in [1.82, 2.24) is 15.0 Å². The molecule has 130 valence electrons. The first-order valence-corrected chi connectivity index (χ1v) is 10.9. The number of ether oxygens (including phenoxy) is 2. The highest BCUT2D eigenvalue weighted by Gasteiger charge is 2.32. The van der Waals surface area contributed by atoms with Crippen LogP contribution in [0.25, 0.3) is 11.4 Å². The fraction of sp³-hybridized carbons (Fsp3) is 0.308. The molecule has 0 spiro atoms. The molecule has 0 radical (unpaired) electrons. The minimum atomic E-state index is -0.783. The number of methoxy groups -OCH3 is 2. The van der Waals surface area contributed by atoms with E-state index in [0.29, 0.717) is 29.0 Å². The maximum Gasteiger partial charge on any atom is 0.194 e. The molecule has 5 nitrogen and oxygen atoms in total. The summed E-state index contributed by atoms with van der Waals surface area (Å²) in [5.74, 6) is 2.58. The highest BCUT2D eigenvalue weighted by atomic mass is 80.0. The van der Waals surface area contributed by atoms with Gasteiger partial charge in [-0.2, -0.15) is 0 Å². The minimum absolute atomic E-state index is 0.444. The summed E-state index contributed by atoms with van der Waals surface area (Å²) < 4.78 is 9.03. The first kappa shape index (κ1) is 21.0. The zero-order chi connectivity index (χ0) is 18.1. The molecule has 1 aromatic carbocycles. The predicted molar refractivity (Wildman–Crippen MR) is 115 cm³/mol. The lowest BCUT2D eigenvalue weighted by atomic mass is 10.2. The van der Waals surface area contributed by atoms with Gasteiger partial charge in [-0.15, -0.1) is 0 Å². The van der Waals surface area contributed by atoms with Gasteiger partial charge in [0.2, 0.25) is 0 Å². The molecule has 1 aromatic heterocycles. The molecule has 2 aromatic rings. The first-order valence-electron chi connectivity index (χ1n) is 6.19. The fourth-order valence-electron chi connectivity index (χ4n) is 1.73. The molecule has 1 heterocycles. The molecule has 0 saturated carbocycles. The third kappa shape index (κ3) is 5.12. The second-order valence-electron chi connectivity index (χ2n) is 4.37. The molecule has 0 fully saturated rings. The Bertz CT molecular complexity index is 713. The SMILES string of the molecule is COc1ccc(-c2nc(C(Br)(Br)Br)nc(C(Br)(Br)Br)n2)cc1OC. The van der Waals surface area contributed by atoms with Crippen LogP contribution in [0.3, 0.4) is 0 Å². The largest absolute Gasteiger partial charge is 0.493 e. The summed E-state index contributed by atoms with van der Waals surface area (Å²) in [6, 6.07) is 5.45. The van der Waals surface area contributed by atoms with Gasteiger partial charge in [0.15, 0.2) is 33.3 Å². The molecule has 24 heavy (non-hydrogen) atoms. The summed E-state index contributed by atoms with van der Waals surface area (Å²) >= 11 is 20.6. The third-order valence-corrected chi connectivity index (χ3v) is 4.91. The Labute approximate surface area is 189 Å². The molecule has 0 aliphatic rings. The van der Waals surface area contributed by atoms with E-state index in [4.69, 9.17) is 9.47 Å². The fourth-order valence-corrected chi connectivity index (χ4v) is 2.80. The Morgan fingerprint density at radius 3 is 1.67 bits per heavy atom. The maximum absolute atomic E-state index is 5.34. The number of aromatic nitrogens is 3. The lowest BCUT2D eigenvalue weighted by Crippen LogP contribution is -2.15. The van der Waals surface area contributed by atoms with Crippen molar-refractivity contribution in [3.05, 3.63) is 29.8 Å². The number of nitrogens with zero attached hydrogens (tertiary/aromatic N) is 3. The van der Waals surface area contributed by atoms with Crippen molar-refractivity contribution < 1.29 is 9.47 Å². The Kier molecular flexibility index (Phi) is 7.15. The van der Waals surface area contributed by atoms with Crippen molar-refractivity contribution in [2.24, 2.45) is 0 Å². The summed E-state index contributed by atoms with van der Waals surface area (Å²) in [6.45, 7) is 0. The van der Waals surface area contributed by atoms with Crippen LogP contribution >= 0.6 is 95.6 Å². The van der Waals surface area contributed by atoms with E-state index in [9.17, 15) is 0 Å². The molecular weight excluding hydrogens is 710 g/mol. The van der Waals surface area contributed by atoms with E-state index < -0.39 is 4.29 Å². The van der Waals surface area contributed by atoms with Gasteiger partial charge < -0.3 is 9.47 Å². The van der Waals surface area contributed by atoms with Crippen molar-refractivity contribution in [1.29, 1.82) is 0 Å². The van der Waals surface area contributed by atoms with Gasteiger partial charge in [0.1, 0.15) is 0 Å². The molecule has 0 aliphatic carbocycles. The first-order chi connectivity index (χ1) is 11.1. The molecule has 2 rings (SSSR count).